The number of fused-ring (bicyclic) bond motifs is 3. The predicted molar refractivity (Wildman–Crippen MR) is 117 cm³/mol. The van der Waals surface area contributed by atoms with E-state index in [4.69, 9.17) is 0 Å². The van der Waals surface area contributed by atoms with E-state index >= 15 is 0 Å². The molecule has 1 fully saturated rings. The molecule has 0 aliphatic heterocycles. The lowest BCUT2D eigenvalue weighted by atomic mass is 10.2. The molecule has 0 atom stereocenters. The molecule has 1 amide bonds. The summed E-state index contributed by atoms with van der Waals surface area (Å²) < 4.78 is 16.5. The van der Waals surface area contributed by atoms with Gasteiger partial charge in [-0.1, -0.05) is 43.2 Å². The number of nitrogens with zero attached hydrogens (tertiary/aromatic N) is 3. The lowest BCUT2D eigenvalue weighted by molar-refractivity contribution is -0.122. The Hall–Kier alpha value is -3.48. The highest BCUT2D eigenvalue weighted by Gasteiger charge is 2.20. The topological polar surface area (TPSA) is 68.9 Å². The Kier molecular flexibility index (Phi) is 5.02. The van der Waals surface area contributed by atoms with Gasteiger partial charge in [0.25, 0.3) is 5.56 Å². The Labute approximate surface area is 178 Å². The molecule has 1 saturated carbocycles. The van der Waals surface area contributed by atoms with Crippen molar-refractivity contribution in [2.24, 2.45) is 0 Å². The maximum absolute atomic E-state index is 13.4. The van der Waals surface area contributed by atoms with Crippen molar-refractivity contribution in [1.29, 1.82) is 0 Å². The van der Waals surface area contributed by atoms with Crippen LogP contribution in [0.2, 0.25) is 0 Å². The Balaban J connectivity index is 1.56. The van der Waals surface area contributed by atoms with Gasteiger partial charge < -0.3 is 9.88 Å². The molecule has 0 saturated heterocycles. The molecule has 31 heavy (non-hydrogen) atoms. The average molecular weight is 418 g/mol. The van der Waals surface area contributed by atoms with E-state index in [2.05, 4.69) is 10.4 Å². The second kappa shape index (κ2) is 7.98. The summed E-state index contributed by atoms with van der Waals surface area (Å²) in [6.07, 6.45) is 5.87. The van der Waals surface area contributed by atoms with Gasteiger partial charge in [-0.15, -0.1) is 0 Å². The standard InChI is InChI=1S/C24H23FN4O2/c25-17-11-9-16(10-12-17)14-28-21-8-4-3-7-19(21)20-13-26-29(24(31)23(20)28)15-22(30)27-18-5-1-2-6-18/h3-4,7-13,18H,1-2,5-6,14-15H2,(H,27,30). The quantitative estimate of drug-likeness (QED) is 0.539. The van der Waals surface area contributed by atoms with Crippen LogP contribution in [0, 0.1) is 5.82 Å². The molecular formula is C24H23FN4O2. The van der Waals surface area contributed by atoms with Gasteiger partial charge in [-0.05, 0) is 36.6 Å². The van der Waals surface area contributed by atoms with E-state index in [9.17, 15) is 14.0 Å². The number of hydrogen-bond donors (Lipinski definition) is 1. The molecule has 7 heteroatoms. The second-order valence-corrected chi connectivity index (χ2v) is 8.15. The molecule has 1 aliphatic rings. The molecule has 1 N–H and O–H groups in total. The SMILES string of the molecule is O=C(Cn1ncc2c3ccccc3n(Cc3ccc(F)cc3)c2c1=O)NC1CCCC1. The lowest BCUT2D eigenvalue weighted by Gasteiger charge is -2.12. The zero-order chi connectivity index (χ0) is 21.4. The van der Waals surface area contributed by atoms with E-state index in [1.807, 2.05) is 28.8 Å². The molecule has 2 heterocycles. The number of carbonyl (C=O) groups is 1. The fourth-order valence-corrected chi connectivity index (χ4v) is 4.52. The van der Waals surface area contributed by atoms with Crippen molar-refractivity contribution in [3.05, 3.63) is 76.5 Å². The molecule has 0 radical (unpaired) electrons. The Morgan fingerprint density at radius 1 is 1.06 bits per heavy atom. The van der Waals surface area contributed by atoms with E-state index in [0.717, 1.165) is 47.5 Å². The number of aromatic nitrogens is 3. The summed E-state index contributed by atoms with van der Waals surface area (Å²) in [5, 5.41) is 8.96. The van der Waals surface area contributed by atoms with Crippen molar-refractivity contribution >= 4 is 27.7 Å². The van der Waals surface area contributed by atoms with Crippen LogP contribution in [0.4, 0.5) is 4.39 Å². The largest absolute Gasteiger partial charge is 0.352 e. The predicted octanol–water partition coefficient (Wildman–Crippen LogP) is 3.60. The molecule has 2 aromatic carbocycles. The number of hydrogen-bond acceptors (Lipinski definition) is 3. The summed E-state index contributed by atoms with van der Waals surface area (Å²) >= 11 is 0. The molecule has 1 aliphatic carbocycles. The minimum absolute atomic E-state index is 0.108. The first-order valence-electron chi connectivity index (χ1n) is 10.6. The van der Waals surface area contributed by atoms with Crippen LogP contribution in [0.1, 0.15) is 31.2 Å². The van der Waals surface area contributed by atoms with Crippen molar-refractivity contribution in [3.63, 3.8) is 0 Å². The number of nitrogens with one attached hydrogen (secondary N) is 1. The van der Waals surface area contributed by atoms with Crippen molar-refractivity contribution in [1.82, 2.24) is 19.7 Å². The van der Waals surface area contributed by atoms with Gasteiger partial charge in [0.05, 0.1) is 6.20 Å². The Morgan fingerprint density at radius 2 is 1.81 bits per heavy atom. The van der Waals surface area contributed by atoms with Crippen LogP contribution in [0.15, 0.2) is 59.5 Å². The summed E-state index contributed by atoms with van der Waals surface area (Å²) in [7, 11) is 0. The van der Waals surface area contributed by atoms with E-state index in [1.165, 1.54) is 16.8 Å². The van der Waals surface area contributed by atoms with Gasteiger partial charge >= 0.3 is 0 Å². The smallest absolute Gasteiger partial charge is 0.291 e. The third-order valence-corrected chi connectivity index (χ3v) is 6.04. The van der Waals surface area contributed by atoms with Crippen LogP contribution in [0.25, 0.3) is 21.8 Å². The molecule has 0 unspecified atom stereocenters. The summed E-state index contributed by atoms with van der Waals surface area (Å²) in [5.74, 6) is -0.493. The number of rotatable bonds is 5. The Morgan fingerprint density at radius 3 is 2.58 bits per heavy atom. The number of carbonyl (C=O) groups excluding carboxylic acids is 1. The summed E-state index contributed by atoms with van der Waals surface area (Å²) in [5.41, 5.74) is 1.96. The fraction of sp³-hybridized carbons (Fsp3) is 0.292. The molecule has 0 spiro atoms. The van der Waals surface area contributed by atoms with Gasteiger partial charge in [0.1, 0.15) is 17.9 Å². The summed E-state index contributed by atoms with van der Waals surface area (Å²) in [6.45, 7) is 0.307. The van der Waals surface area contributed by atoms with Gasteiger partial charge in [-0.3, -0.25) is 9.59 Å². The molecule has 5 rings (SSSR count). The third-order valence-electron chi connectivity index (χ3n) is 6.04. The van der Waals surface area contributed by atoms with Gasteiger partial charge in [0.2, 0.25) is 5.91 Å². The minimum atomic E-state index is -0.308. The van der Waals surface area contributed by atoms with E-state index in [0.29, 0.717) is 12.1 Å². The second-order valence-electron chi connectivity index (χ2n) is 8.15. The molecule has 158 valence electrons. The summed E-state index contributed by atoms with van der Waals surface area (Å²) in [4.78, 5) is 25.9. The first-order chi connectivity index (χ1) is 15.1. The Bertz CT molecular complexity index is 1320. The number of benzene rings is 2. The van der Waals surface area contributed by atoms with E-state index in [-0.39, 0.29) is 29.9 Å². The minimum Gasteiger partial charge on any atom is -0.352 e. The maximum Gasteiger partial charge on any atom is 0.291 e. The zero-order valence-corrected chi connectivity index (χ0v) is 17.1. The van der Waals surface area contributed by atoms with Crippen molar-refractivity contribution in [2.75, 3.05) is 0 Å². The van der Waals surface area contributed by atoms with E-state index < -0.39 is 0 Å². The van der Waals surface area contributed by atoms with Crippen molar-refractivity contribution in [2.45, 2.75) is 44.8 Å². The van der Waals surface area contributed by atoms with Crippen LogP contribution in [0.5, 0.6) is 0 Å². The molecule has 4 aromatic rings. The van der Waals surface area contributed by atoms with Crippen LogP contribution >= 0.6 is 0 Å². The van der Waals surface area contributed by atoms with Crippen LogP contribution in [-0.2, 0) is 17.9 Å². The first-order valence-corrected chi connectivity index (χ1v) is 10.6. The number of para-hydroxylation sites is 1. The molecule has 2 aromatic heterocycles. The monoisotopic (exact) mass is 418 g/mol. The zero-order valence-electron chi connectivity index (χ0n) is 17.1. The number of amides is 1. The van der Waals surface area contributed by atoms with Crippen LogP contribution < -0.4 is 10.9 Å². The van der Waals surface area contributed by atoms with Gasteiger partial charge in [0, 0.05) is 28.9 Å². The number of halogens is 1. The normalized spacial score (nSPS) is 14.5. The highest BCUT2D eigenvalue weighted by molar-refractivity contribution is 6.07. The summed E-state index contributed by atoms with van der Waals surface area (Å²) in [6, 6.07) is 14.2. The van der Waals surface area contributed by atoms with Crippen molar-refractivity contribution < 1.29 is 9.18 Å². The average Bonchev–Trinajstić information content (AvgIpc) is 3.38. The van der Waals surface area contributed by atoms with Gasteiger partial charge in [0.15, 0.2) is 0 Å². The molecule has 6 nitrogen and oxygen atoms in total. The van der Waals surface area contributed by atoms with Crippen LogP contribution in [0.3, 0.4) is 0 Å². The first kappa shape index (κ1) is 19.5. The highest BCUT2D eigenvalue weighted by atomic mass is 19.1. The lowest BCUT2D eigenvalue weighted by Crippen LogP contribution is -2.38. The van der Waals surface area contributed by atoms with Crippen LogP contribution in [-0.4, -0.2) is 26.3 Å². The van der Waals surface area contributed by atoms with Gasteiger partial charge in [-0.25, -0.2) is 9.07 Å². The van der Waals surface area contributed by atoms with Crippen molar-refractivity contribution in [3.8, 4) is 0 Å². The van der Waals surface area contributed by atoms with Gasteiger partial charge in [-0.2, -0.15) is 5.10 Å². The van der Waals surface area contributed by atoms with E-state index in [1.54, 1.807) is 18.3 Å². The third kappa shape index (κ3) is 3.71. The molecule has 0 bridgehead atoms. The fourth-order valence-electron chi connectivity index (χ4n) is 4.52. The highest BCUT2D eigenvalue weighted by Crippen LogP contribution is 2.27. The maximum atomic E-state index is 13.4. The molecular weight excluding hydrogens is 395 g/mol.